The largest absolute Gasteiger partial charge is 0.493 e. The van der Waals surface area contributed by atoms with Gasteiger partial charge in [-0.3, -0.25) is 0 Å². The number of hydrogen-bond donors (Lipinski definition) is 3. The molecule has 0 aromatic heterocycles. The molecular weight excluding hydrogens is 310 g/mol. The van der Waals surface area contributed by atoms with Crippen LogP contribution in [0.1, 0.15) is 19.4 Å². The Hall–Kier alpha value is -1.99. The first-order valence-electron chi connectivity index (χ1n) is 8.25. The Kier molecular flexibility index (Phi) is 10.4. The van der Waals surface area contributed by atoms with Gasteiger partial charge in [0.25, 0.3) is 0 Å². The highest BCUT2D eigenvalue weighted by molar-refractivity contribution is 5.79. The smallest absolute Gasteiger partial charge is 0.191 e. The van der Waals surface area contributed by atoms with Gasteiger partial charge in [0.2, 0.25) is 0 Å². The first-order chi connectivity index (χ1) is 11.7. The summed E-state index contributed by atoms with van der Waals surface area (Å²) in [5.74, 6) is 1.99. The van der Waals surface area contributed by atoms with Gasteiger partial charge < -0.3 is 30.0 Å². The minimum absolute atomic E-state index is 0.0331. The zero-order valence-electron chi connectivity index (χ0n) is 14.8. The maximum atomic E-state index is 8.84. The van der Waals surface area contributed by atoms with E-state index in [2.05, 4.69) is 15.6 Å². The number of hydrogen-bond acceptors (Lipinski definition) is 5. The predicted octanol–water partition coefficient (Wildman–Crippen LogP) is 1.16. The summed E-state index contributed by atoms with van der Waals surface area (Å²) in [6.45, 7) is 7.56. The van der Waals surface area contributed by atoms with Crippen molar-refractivity contribution in [1.29, 1.82) is 0 Å². The van der Waals surface area contributed by atoms with Gasteiger partial charge in [0.15, 0.2) is 17.5 Å². The first-order valence-corrected chi connectivity index (χ1v) is 8.25. The second kappa shape index (κ2) is 12.4. The lowest BCUT2D eigenvalue weighted by molar-refractivity contribution is 0.152. The minimum atomic E-state index is -0.0331. The molecule has 0 bridgehead atoms. The van der Waals surface area contributed by atoms with Crippen molar-refractivity contribution < 1.29 is 19.3 Å². The number of nitrogens with zero attached hydrogens (tertiary/aromatic N) is 1. The Labute approximate surface area is 144 Å². The molecule has 0 saturated carbocycles. The third-order valence-electron chi connectivity index (χ3n) is 3.08. The highest BCUT2D eigenvalue weighted by Crippen LogP contribution is 2.28. The Morgan fingerprint density at radius 1 is 1.17 bits per heavy atom. The van der Waals surface area contributed by atoms with Crippen LogP contribution in [0.2, 0.25) is 0 Å². The average Bonchev–Trinajstić information content (AvgIpc) is 2.61. The molecule has 0 aliphatic carbocycles. The molecule has 7 heteroatoms. The SMILES string of the molecule is CCNC(=NCc1ccc(OCCO)c(OC)c1)NCCOCC. The zero-order chi connectivity index (χ0) is 17.6. The minimum Gasteiger partial charge on any atom is -0.493 e. The molecule has 1 rings (SSSR count). The van der Waals surface area contributed by atoms with Crippen molar-refractivity contribution in [1.82, 2.24) is 10.6 Å². The van der Waals surface area contributed by atoms with Crippen LogP contribution in [0.15, 0.2) is 23.2 Å². The van der Waals surface area contributed by atoms with Crippen molar-refractivity contribution in [3.05, 3.63) is 23.8 Å². The van der Waals surface area contributed by atoms with Crippen molar-refractivity contribution in [2.45, 2.75) is 20.4 Å². The molecule has 24 heavy (non-hydrogen) atoms. The molecule has 0 fully saturated rings. The molecule has 136 valence electrons. The molecule has 7 nitrogen and oxygen atoms in total. The van der Waals surface area contributed by atoms with E-state index in [1.54, 1.807) is 7.11 Å². The van der Waals surface area contributed by atoms with E-state index >= 15 is 0 Å². The summed E-state index contributed by atoms with van der Waals surface area (Å²) in [5.41, 5.74) is 1.00. The molecule has 0 amide bonds. The Morgan fingerprint density at radius 2 is 2.00 bits per heavy atom. The van der Waals surface area contributed by atoms with Gasteiger partial charge in [-0.1, -0.05) is 6.07 Å². The zero-order valence-corrected chi connectivity index (χ0v) is 14.8. The fourth-order valence-electron chi connectivity index (χ4n) is 1.98. The standard InChI is InChI=1S/C17H29N3O4/c1-4-18-17(19-8-10-23-5-2)20-13-14-6-7-15(24-11-9-21)16(12-14)22-3/h6-7,12,21H,4-5,8-11,13H2,1-3H3,(H2,18,19,20). The van der Waals surface area contributed by atoms with Crippen molar-refractivity contribution in [3.8, 4) is 11.5 Å². The molecule has 0 spiro atoms. The van der Waals surface area contributed by atoms with E-state index in [0.29, 0.717) is 37.8 Å². The second-order valence-electron chi connectivity index (χ2n) is 4.88. The van der Waals surface area contributed by atoms with E-state index in [1.165, 1.54) is 0 Å². The molecule has 0 radical (unpaired) electrons. The van der Waals surface area contributed by atoms with Crippen molar-refractivity contribution >= 4 is 5.96 Å². The maximum Gasteiger partial charge on any atom is 0.191 e. The third kappa shape index (κ3) is 7.52. The maximum absolute atomic E-state index is 8.84. The highest BCUT2D eigenvalue weighted by atomic mass is 16.5. The van der Waals surface area contributed by atoms with Crippen LogP contribution in [0.4, 0.5) is 0 Å². The van der Waals surface area contributed by atoms with Crippen LogP contribution in [0.3, 0.4) is 0 Å². The fourth-order valence-corrected chi connectivity index (χ4v) is 1.98. The Bertz CT molecular complexity index is 495. The quantitative estimate of drug-likeness (QED) is 0.319. The summed E-state index contributed by atoms with van der Waals surface area (Å²) in [6.07, 6.45) is 0. The highest BCUT2D eigenvalue weighted by Gasteiger charge is 2.06. The van der Waals surface area contributed by atoms with Gasteiger partial charge in [0.1, 0.15) is 6.61 Å². The summed E-state index contributed by atoms with van der Waals surface area (Å²) in [4.78, 5) is 4.55. The molecule has 1 aromatic rings. The normalized spacial score (nSPS) is 11.2. The Balaban J connectivity index is 2.66. The summed E-state index contributed by atoms with van der Waals surface area (Å²) >= 11 is 0. The fraction of sp³-hybridized carbons (Fsp3) is 0.588. The molecule has 1 aromatic carbocycles. The van der Waals surface area contributed by atoms with Gasteiger partial charge in [0, 0.05) is 19.7 Å². The third-order valence-corrected chi connectivity index (χ3v) is 3.08. The van der Waals surface area contributed by atoms with Crippen molar-refractivity contribution in [2.24, 2.45) is 4.99 Å². The summed E-state index contributed by atoms with van der Waals surface area (Å²) in [6, 6.07) is 5.65. The number of aliphatic hydroxyl groups excluding tert-OH is 1. The summed E-state index contributed by atoms with van der Waals surface area (Å²) in [7, 11) is 1.59. The van der Waals surface area contributed by atoms with Crippen LogP contribution in [-0.2, 0) is 11.3 Å². The van der Waals surface area contributed by atoms with Gasteiger partial charge >= 0.3 is 0 Å². The van der Waals surface area contributed by atoms with E-state index in [0.717, 1.165) is 18.1 Å². The number of nitrogens with one attached hydrogen (secondary N) is 2. The molecule has 0 atom stereocenters. The lowest BCUT2D eigenvalue weighted by Gasteiger charge is -2.12. The molecular formula is C17H29N3O4. The van der Waals surface area contributed by atoms with Crippen LogP contribution in [0.5, 0.6) is 11.5 Å². The number of benzene rings is 1. The second-order valence-corrected chi connectivity index (χ2v) is 4.88. The number of guanidine groups is 1. The lowest BCUT2D eigenvalue weighted by Crippen LogP contribution is -2.39. The van der Waals surface area contributed by atoms with Gasteiger partial charge in [-0.15, -0.1) is 0 Å². The van der Waals surface area contributed by atoms with E-state index in [9.17, 15) is 0 Å². The monoisotopic (exact) mass is 339 g/mol. The molecule has 0 heterocycles. The van der Waals surface area contributed by atoms with Gasteiger partial charge in [-0.25, -0.2) is 4.99 Å². The molecule has 0 saturated heterocycles. The molecule has 0 unspecified atom stereocenters. The summed E-state index contributed by atoms with van der Waals surface area (Å²) < 4.78 is 16.1. The molecule has 0 aliphatic heterocycles. The van der Waals surface area contributed by atoms with Gasteiger partial charge in [-0.05, 0) is 31.5 Å². The van der Waals surface area contributed by atoms with Crippen LogP contribution < -0.4 is 20.1 Å². The number of ether oxygens (including phenoxy) is 3. The van der Waals surface area contributed by atoms with Crippen LogP contribution >= 0.6 is 0 Å². The van der Waals surface area contributed by atoms with Crippen LogP contribution in [0.25, 0.3) is 0 Å². The van der Waals surface area contributed by atoms with Crippen LogP contribution in [-0.4, -0.2) is 57.7 Å². The lowest BCUT2D eigenvalue weighted by atomic mass is 10.2. The Morgan fingerprint density at radius 3 is 2.67 bits per heavy atom. The van der Waals surface area contributed by atoms with E-state index in [1.807, 2.05) is 32.0 Å². The van der Waals surface area contributed by atoms with Crippen LogP contribution in [0, 0.1) is 0 Å². The van der Waals surface area contributed by atoms with Gasteiger partial charge in [-0.2, -0.15) is 0 Å². The topological polar surface area (TPSA) is 84.3 Å². The van der Waals surface area contributed by atoms with Gasteiger partial charge in [0.05, 0.1) is 26.9 Å². The molecule has 3 N–H and O–H groups in total. The number of methoxy groups -OCH3 is 1. The summed E-state index contributed by atoms with van der Waals surface area (Å²) in [5, 5.41) is 15.3. The van der Waals surface area contributed by atoms with E-state index < -0.39 is 0 Å². The average molecular weight is 339 g/mol. The molecule has 0 aliphatic rings. The predicted molar refractivity (Wildman–Crippen MR) is 94.9 cm³/mol. The first kappa shape index (κ1) is 20.1. The number of aliphatic imine (C=N–C) groups is 1. The van der Waals surface area contributed by atoms with E-state index in [-0.39, 0.29) is 13.2 Å². The number of aliphatic hydroxyl groups is 1. The van der Waals surface area contributed by atoms with E-state index in [4.69, 9.17) is 19.3 Å². The van der Waals surface area contributed by atoms with Crippen molar-refractivity contribution in [3.63, 3.8) is 0 Å². The van der Waals surface area contributed by atoms with Crippen molar-refractivity contribution in [2.75, 3.05) is 46.6 Å². The number of rotatable bonds is 11.